The molecule has 0 fully saturated rings. The molecule has 0 aliphatic heterocycles. The van der Waals surface area contributed by atoms with E-state index in [1.54, 1.807) is 13.8 Å². The Morgan fingerprint density at radius 2 is 1.41 bits per heavy atom. The zero-order chi connectivity index (χ0) is 17.5. The van der Waals surface area contributed by atoms with E-state index in [-0.39, 0.29) is 29.7 Å². The summed E-state index contributed by atoms with van der Waals surface area (Å²) >= 11 is 0. The maximum Gasteiger partial charge on any atom is 0.313 e. The molecule has 0 rings (SSSR count). The van der Waals surface area contributed by atoms with E-state index in [1.165, 1.54) is 0 Å². The van der Waals surface area contributed by atoms with Crippen LogP contribution in [0.15, 0.2) is 0 Å². The van der Waals surface area contributed by atoms with Crippen molar-refractivity contribution in [2.45, 2.75) is 61.8 Å². The highest BCUT2D eigenvalue weighted by molar-refractivity contribution is 5.86. The van der Waals surface area contributed by atoms with E-state index in [2.05, 4.69) is 13.8 Å². The molecule has 4 heteroatoms. The van der Waals surface area contributed by atoms with E-state index in [0.717, 1.165) is 0 Å². The smallest absolute Gasteiger partial charge is 0.313 e. The number of rotatable bonds is 9. The SMILES string of the molecule is CCOC(=O)C(C(C)C)C(CC(C)C)(C(=O)OCC)C(C)C. The number of ether oxygens (including phenoxy) is 2. The standard InChI is InChI=1S/C18H34O4/c1-9-21-16(19)15(13(5)6)18(14(7)8,11-12(3)4)17(20)22-10-2/h12-15H,9-11H2,1-8H3. The van der Waals surface area contributed by atoms with Gasteiger partial charge in [-0.1, -0.05) is 41.5 Å². The van der Waals surface area contributed by atoms with Crippen molar-refractivity contribution in [3.05, 3.63) is 0 Å². The van der Waals surface area contributed by atoms with Crippen LogP contribution in [-0.2, 0) is 19.1 Å². The highest BCUT2D eigenvalue weighted by atomic mass is 16.5. The molecular weight excluding hydrogens is 280 g/mol. The van der Waals surface area contributed by atoms with Crippen LogP contribution < -0.4 is 0 Å². The molecule has 22 heavy (non-hydrogen) atoms. The van der Waals surface area contributed by atoms with Crippen molar-refractivity contribution in [1.29, 1.82) is 0 Å². The fourth-order valence-electron chi connectivity index (χ4n) is 3.42. The van der Waals surface area contributed by atoms with E-state index < -0.39 is 11.3 Å². The first-order valence-corrected chi connectivity index (χ1v) is 8.48. The van der Waals surface area contributed by atoms with Crippen molar-refractivity contribution < 1.29 is 19.1 Å². The Labute approximate surface area is 135 Å². The molecule has 0 spiro atoms. The van der Waals surface area contributed by atoms with Crippen LogP contribution in [0.4, 0.5) is 0 Å². The quantitative estimate of drug-likeness (QED) is 0.602. The van der Waals surface area contributed by atoms with Gasteiger partial charge in [-0.25, -0.2) is 0 Å². The summed E-state index contributed by atoms with van der Waals surface area (Å²) < 4.78 is 10.7. The molecule has 0 bridgehead atoms. The van der Waals surface area contributed by atoms with Gasteiger partial charge in [0.2, 0.25) is 0 Å². The molecule has 0 aliphatic carbocycles. The van der Waals surface area contributed by atoms with E-state index in [0.29, 0.717) is 19.6 Å². The van der Waals surface area contributed by atoms with Gasteiger partial charge in [0, 0.05) is 0 Å². The summed E-state index contributed by atoms with van der Waals surface area (Å²) in [5.74, 6) is -0.780. The molecule has 0 N–H and O–H groups in total. The Morgan fingerprint density at radius 1 is 0.909 bits per heavy atom. The summed E-state index contributed by atoms with van der Waals surface area (Å²) in [7, 11) is 0. The van der Waals surface area contributed by atoms with Gasteiger partial charge in [0.1, 0.15) is 0 Å². The molecule has 0 aliphatic rings. The van der Waals surface area contributed by atoms with Crippen molar-refractivity contribution >= 4 is 11.9 Å². The minimum absolute atomic E-state index is 0.00426. The average Bonchev–Trinajstić information content (AvgIpc) is 2.36. The molecular formula is C18H34O4. The monoisotopic (exact) mass is 314 g/mol. The van der Waals surface area contributed by atoms with Gasteiger partial charge in [0.15, 0.2) is 0 Å². The van der Waals surface area contributed by atoms with E-state index in [1.807, 2.05) is 27.7 Å². The van der Waals surface area contributed by atoms with Gasteiger partial charge in [0.05, 0.1) is 24.5 Å². The second-order valence-electron chi connectivity index (χ2n) is 6.99. The number of carbonyl (C=O) groups is 2. The van der Waals surface area contributed by atoms with Crippen LogP contribution in [0.3, 0.4) is 0 Å². The molecule has 2 atom stereocenters. The van der Waals surface area contributed by atoms with Crippen LogP contribution in [0.5, 0.6) is 0 Å². The maximum atomic E-state index is 12.9. The van der Waals surface area contributed by atoms with Crippen LogP contribution in [0.2, 0.25) is 0 Å². The third-order valence-electron chi connectivity index (χ3n) is 4.19. The lowest BCUT2D eigenvalue weighted by molar-refractivity contribution is -0.178. The summed E-state index contributed by atoms with van der Waals surface area (Å²) in [5.41, 5.74) is -0.843. The fraction of sp³-hybridized carbons (Fsp3) is 0.889. The molecule has 0 radical (unpaired) electrons. The lowest BCUT2D eigenvalue weighted by Crippen LogP contribution is -2.51. The summed E-state index contributed by atoms with van der Waals surface area (Å²) in [5, 5.41) is 0. The molecule has 0 saturated heterocycles. The van der Waals surface area contributed by atoms with E-state index in [4.69, 9.17) is 9.47 Å². The Hall–Kier alpha value is -1.06. The number of hydrogen-bond donors (Lipinski definition) is 0. The minimum Gasteiger partial charge on any atom is -0.466 e. The Kier molecular flexibility index (Phi) is 8.72. The largest absolute Gasteiger partial charge is 0.466 e. The van der Waals surface area contributed by atoms with Crippen molar-refractivity contribution in [2.75, 3.05) is 13.2 Å². The fourth-order valence-corrected chi connectivity index (χ4v) is 3.42. The summed E-state index contributed by atoms with van der Waals surface area (Å²) in [6.07, 6.45) is 0.616. The van der Waals surface area contributed by atoms with Gasteiger partial charge >= 0.3 is 11.9 Å². The number of carbonyl (C=O) groups excluding carboxylic acids is 2. The molecule has 0 amide bonds. The normalized spacial score (nSPS) is 15.8. The Balaban J connectivity index is 6.04. The average molecular weight is 314 g/mol. The first-order chi connectivity index (χ1) is 10.1. The van der Waals surface area contributed by atoms with Crippen LogP contribution in [-0.4, -0.2) is 25.2 Å². The van der Waals surface area contributed by atoms with Crippen molar-refractivity contribution in [2.24, 2.45) is 29.1 Å². The topological polar surface area (TPSA) is 52.6 Å². The molecule has 0 aromatic heterocycles. The maximum absolute atomic E-state index is 12.9. The summed E-state index contributed by atoms with van der Waals surface area (Å²) in [4.78, 5) is 25.5. The minimum atomic E-state index is -0.843. The predicted molar refractivity (Wildman–Crippen MR) is 88.3 cm³/mol. The van der Waals surface area contributed by atoms with E-state index in [9.17, 15) is 9.59 Å². The summed E-state index contributed by atoms with van der Waals surface area (Å²) in [6, 6.07) is 0. The van der Waals surface area contributed by atoms with Gasteiger partial charge in [0.25, 0.3) is 0 Å². The highest BCUT2D eigenvalue weighted by Crippen LogP contribution is 2.47. The Morgan fingerprint density at radius 3 is 1.73 bits per heavy atom. The summed E-state index contributed by atoms with van der Waals surface area (Å²) in [6.45, 7) is 16.3. The zero-order valence-corrected chi connectivity index (χ0v) is 15.6. The van der Waals surface area contributed by atoms with Crippen LogP contribution >= 0.6 is 0 Å². The van der Waals surface area contributed by atoms with Crippen LogP contribution in [0, 0.1) is 29.1 Å². The Bertz CT molecular complexity index is 360. The van der Waals surface area contributed by atoms with Crippen LogP contribution in [0.25, 0.3) is 0 Å². The zero-order valence-electron chi connectivity index (χ0n) is 15.6. The number of esters is 2. The predicted octanol–water partition coefficient (Wildman–Crippen LogP) is 4.07. The molecule has 0 aromatic rings. The first kappa shape index (κ1) is 20.9. The molecule has 2 unspecified atom stereocenters. The van der Waals surface area contributed by atoms with Crippen molar-refractivity contribution in [1.82, 2.24) is 0 Å². The number of hydrogen-bond acceptors (Lipinski definition) is 4. The molecule has 0 saturated carbocycles. The van der Waals surface area contributed by atoms with Gasteiger partial charge in [-0.05, 0) is 38.0 Å². The molecule has 4 nitrogen and oxygen atoms in total. The van der Waals surface area contributed by atoms with Gasteiger partial charge in [-0.3, -0.25) is 9.59 Å². The van der Waals surface area contributed by atoms with Gasteiger partial charge in [-0.2, -0.15) is 0 Å². The van der Waals surface area contributed by atoms with Crippen LogP contribution in [0.1, 0.15) is 61.8 Å². The second kappa shape index (κ2) is 9.16. The lowest BCUT2D eigenvalue weighted by atomic mass is 9.60. The van der Waals surface area contributed by atoms with Gasteiger partial charge in [-0.15, -0.1) is 0 Å². The first-order valence-electron chi connectivity index (χ1n) is 8.48. The third-order valence-corrected chi connectivity index (χ3v) is 4.19. The van der Waals surface area contributed by atoms with Gasteiger partial charge < -0.3 is 9.47 Å². The second-order valence-corrected chi connectivity index (χ2v) is 6.99. The highest BCUT2D eigenvalue weighted by Gasteiger charge is 2.54. The van der Waals surface area contributed by atoms with Crippen molar-refractivity contribution in [3.8, 4) is 0 Å². The lowest BCUT2D eigenvalue weighted by Gasteiger charge is -2.43. The molecule has 0 heterocycles. The van der Waals surface area contributed by atoms with Crippen molar-refractivity contribution in [3.63, 3.8) is 0 Å². The molecule has 130 valence electrons. The molecule has 0 aromatic carbocycles. The van der Waals surface area contributed by atoms with E-state index >= 15 is 0 Å². The third kappa shape index (κ3) is 4.72.